The predicted molar refractivity (Wildman–Crippen MR) is 79.3 cm³/mol. The molecule has 104 valence electrons. The minimum absolute atomic E-state index is 0.123. The van der Waals surface area contributed by atoms with Crippen LogP contribution in [-0.4, -0.2) is 23.9 Å². The molecule has 1 aromatic carbocycles. The molecule has 0 bridgehead atoms. The van der Waals surface area contributed by atoms with Gasteiger partial charge in [-0.05, 0) is 49.9 Å². The minimum atomic E-state index is 0.123. The molecule has 1 fully saturated rings. The number of nitrogens with two attached hydrogens (primary N) is 1. The number of nitrogen functional groups attached to an aromatic ring is 1. The van der Waals surface area contributed by atoms with Crippen LogP contribution in [0.1, 0.15) is 53.6 Å². The molecule has 2 N–H and O–H groups in total. The fourth-order valence-electron chi connectivity index (χ4n) is 2.94. The van der Waals surface area contributed by atoms with Crippen molar-refractivity contribution in [2.24, 2.45) is 0 Å². The number of benzene rings is 1. The molecule has 3 nitrogen and oxygen atoms in total. The number of hydrogen-bond donors (Lipinski definition) is 1. The molecule has 19 heavy (non-hydrogen) atoms. The number of hydrogen-bond acceptors (Lipinski definition) is 2. The van der Waals surface area contributed by atoms with Gasteiger partial charge in [-0.25, -0.2) is 0 Å². The first-order valence-corrected chi connectivity index (χ1v) is 7.14. The Kier molecular flexibility index (Phi) is 4.13. The topological polar surface area (TPSA) is 46.3 Å². The first-order valence-electron chi connectivity index (χ1n) is 7.14. The predicted octanol–water partition coefficient (Wildman–Crippen LogP) is 3.29. The van der Waals surface area contributed by atoms with Crippen LogP contribution >= 0.6 is 0 Å². The Labute approximate surface area is 115 Å². The van der Waals surface area contributed by atoms with Gasteiger partial charge in [0.05, 0.1) is 0 Å². The van der Waals surface area contributed by atoms with Gasteiger partial charge in [0, 0.05) is 24.3 Å². The standard InChI is InChI=1S/C16H24N2O/c1-11-9-13(10-12(2)15(11)17)16(19)18(3)14-7-5-4-6-8-14/h9-10,14H,4-8,17H2,1-3H3. The lowest BCUT2D eigenvalue weighted by Gasteiger charge is -2.31. The molecule has 1 aromatic rings. The number of carbonyl (C=O) groups excluding carboxylic acids is 1. The van der Waals surface area contributed by atoms with Crippen molar-refractivity contribution in [2.75, 3.05) is 12.8 Å². The molecule has 0 unspecified atom stereocenters. The second-order valence-electron chi connectivity index (χ2n) is 5.73. The van der Waals surface area contributed by atoms with Crippen molar-refractivity contribution in [3.8, 4) is 0 Å². The highest BCUT2D eigenvalue weighted by atomic mass is 16.2. The zero-order valence-electron chi connectivity index (χ0n) is 12.2. The summed E-state index contributed by atoms with van der Waals surface area (Å²) in [4.78, 5) is 14.5. The van der Waals surface area contributed by atoms with Crippen LogP contribution in [0.3, 0.4) is 0 Å². The molecule has 1 amide bonds. The molecule has 0 spiro atoms. The summed E-state index contributed by atoms with van der Waals surface area (Å²) in [6.07, 6.45) is 6.05. The Morgan fingerprint density at radius 3 is 2.21 bits per heavy atom. The SMILES string of the molecule is Cc1cc(C(=O)N(C)C2CCCCC2)cc(C)c1N. The monoisotopic (exact) mass is 260 g/mol. The number of amides is 1. The molecule has 1 saturated carbocycles. The smallest absolute Gasteiger partial charge is 0.253 e. The Bertz CT molecular complexity index is 453. The largest absolute Gasteiger partial charge is 0.398 e. The summed E-state index contributed by atoms with van der Waals surface area (Å²) in [6.45, 7) is 3.92. The molecule has 2 rings (SSSR count). The molecule has 0 atom stereocenters. The number of anilines is 1. The van der Waals surface area contributed by atoms with Gasteiger partial charge in [0.15, 0.2) is 0 Å². The zero-order valence-corrected chi connectivity index (χ0v) is 12.2. The van der Waals surface area contributed by atoms with E-state index >= 15 is 0 Å². The summed E-state index contributed by atoms with van der Waals surface area (Å²) < 4.78 is 0. The summed E-state index contributed by atoms with van der Waals surface area (Å²) >= 11 is 0. The fourth-order valence-corrected chi connectivity index (χ4v) is 2.94. The Balaban J connectivity index is 2.18. The summed E-state index contributed by atoms with van der Waals surface area (Å²) in [6, 6.07) is 4.22. The van der Waals surface area contributed by atoms with Gasteiger partial charge in [0.2, 0.25) is 0 Å². The first-order chi connectivity index (χ1) is 9.00. The van der Waals surface area contributed by atoms with E-state index in [1.807, 2.05) is 37.9 Å². The molecular weight excluding hydrogens is 236 g/mol. The lowest BCUT2D eigenvalue weighted by molar-refractivity contribution is 0.0696. The summed E-state index contributed by atoms with van der Waals surface area (Å²) in [5, 5.41) is 0. The second kappa shape index (κ2) is 5.64. The van der Waals surface area contributed by atoms with Crippen molar-refractivity contribution in [2.45, 2.75) is 52.0 Å². The maximum atomic E-state index is 12.5. The molecule has 0 aliphatic heterocycles. The Morgan fingerprint density at radius 1 is 1.16 bits per heavy atom. The number of rotatable bonds is 2. The van der Waals surface area contributed by atoms with Crippen LogP contribution in [-0.2, 0) is 0 Å². The van der Waals surface area contributed by atoms with Gasteiger partial charge in [-0.3, -0.25) is 4.79 Å². The highest BCUT2D eigenvalue weighted by Crippen LogP contribution is 2.24. The van der Waals surface area contributed by atoms with Crippen LogP contribution in [0.25, 0.3) is 0 Å². The van der Waals surface area contributed by atoms with Crippen molar-refractivity contribution in [1.82, 2.24) is 4.90 Å². The Morgan fingerprint density at radius 2 is 1.68 bits per heavy atom. The van der Waals surface area contributed by atoms with Gasteiger partial charge < -0.3 is 10.6 Å². The van der Waals surface area contributed by atoms with Gasteiger partial charge in [0.25, 0.3) is 5.91 Å². The third-order valence-electron chi connectivity index (χ3n) is 4.28. The average Bonchev–Trinajstić information content (AvgIpc) is 2.43. The van der Waals surface area contributed by atoms with Crippen LogP contribution in [0, 0.1) is 13.8 Å². The molecule has 3 heteroatoms. The van der Waals surface area contributed by atoms with Crippen LogP contribution in [0.4, 0.5) is 5.69 Å². The van der Waals surface area contributed by atoms with Crippen molar-refractivity contribution in [3.05, 3.63) is 28.8 Å². The fraction of sp³-hybridized carbons (Fsp3) is 0.562. The number of nitrogens with zero attached hydrogens (tertiary/aromatic N) is 1. The van der Waals surface area contributed by atoms with E-state index in [4.69, 9.17) is 5.73 Å². The van der Waals surface area contributed by atoms with Crippen LogP contribution in [0.2, 0.25) is 0 Å². The lowest BCUT2D eigenvalue weighted by Crippen LogP contribution is -2.38. The summed E-state index contributed by atoms with van der Waals surface area (Å²) in [7, 11) is 1.93. The van der Waals surface area contributed by atoms with Gasteiger partial charge in [0.1, 0.15) is 0 Å². The van der Waals surface area contributed by atoms with Crippen molar-refractivity contribution >= 4 is 11.6 Å². The molecule has 1 aliphatic carbocycles. The second-order valence-corrected chi connectivity index (χ2v) is 5.73. The van der Waals surface area contributed by atoms with Gasteiger partial charge in [-0.1, -0.05) is 19.3 Å². The highest BCUT2D eigenvalue weighted by molar-refractivity contribution is 5.95. The van der Waals surface area contributed by atoms with E-state index in [9.17, 15) is 4.79 Å². The van der Waals surface area contributed by atoms with Gasteiger partial charge >= 0.3 is 0 Å². The quantitative estimate of drug-likeness (QED) is 0.829. The van der Waals surface area contributed by atoms with Crippen molar-refractivity contribution < 1.29 is 4.79 Å². The third kappa shape index (κ3) is 2.91. The average molecular weight is 260 g/mol. The molecule has 1 aliphatic rings. The van der Waals surface area contributed by atoms with E-state index in [0.29, 0.717) is 6.04 Å². The molecule has 0 radical (unpaired) electrons. The summed E-state index contributed by atoms with van der Waals surface area (Å²) in [5.41, 5.74) is 9.47. The molecule has 0 heterocycles. The van der Waals surface area contributed by atoms with E-state index in [0.717, 1.165) is 35.2 Å². The molecular formula is C16H24N2O. The maximum Gasteiger partial charge on any atom is 0.253 e. The van der Waals surface area contributed by atoms with Gasteiger partial charge in [-0.15, -0.1) is 0 Å². The van der Waals surface area contributed by atoms with Gasteiger partial charge in [-0.2, -0.15) is 0 Å². The molecule has 0 aromatic heterocycles. The van der Waals surface area contributed by atoms with Crippen molar-refractivity contribution in [1.29, 1.82) is 0 Å². The lowest BCUT2D eigenvalue weighted by atomic mass is 9.94. The van der Waals surface area contributed by atoms with Crippen LogP contribution < -0.4 is 5.73 Å². The zero-order chi connectivity index (χ0) is 14.0. The normalized spacial score (nSPS) is 16.4. The van der Waals surface area contributed by atoms with E-state index in [1.165, 1.54) is 19.3 Å². The van der Waals surface area contributed by atoms with E-state index in [-0.39, 0.29) is 5.91 Å². The molecule has 0 saturated heterocycles. The minimum Gasteiger partial charge on any atom is -0.398 e. The highest BCUT2D eigenvalue weighted by Gasteiger charge is 2.23. The first kappa shape index (κ1) is 13.9. The summed E-state index contributed by atoms with van der Waals surface area (Å²) in [5.74, 6) is 0.123. The van der Waals surface area contributed by atoms with E-state index in [1.54, 1.807) is 0 Å². The maximum absolute atomic E-state index is 12.5. The van der Waals surface area contributed by atoms with E-state index < -0.39 is 0 Å². The Hall–Kier alpha value is -1.51. The number of aryl methyl sites for hydroxylation is 2. The van der Waals surface area contributed by atoms with Crippen LogP contribution in [0.15, 0.2) is 12.1 Å². The van der Waals surface area contributed by atoms with Crippen molar-refractivity contribution in [3.63, 3.8) is 0 Å². The third-order valence-corrected chi connectivity index (χ3v) is 4.28. The van der Waals surface area contributed by atoms with E-state index in [2.05, 4.69) is 0 Å². The van der Waals surface area contributed by atoms with Crippen LogP contribution in [0.5, 0.6) is 0 Å². The number of carbonyl (C=O) groups is 1.